The number of aliphatic hydroxyl groups excluding tert-OH is 14. The Bertz CT molecular complexity index is 3170. The lowest BCUT2D eigenvalue weighted by Gasteiger charge is -2.50. The SMILES string of the molecule is OC1C2OC(NCc3ccco3)C(OC3OC(NCc4ccco4)C(OC4OC(NCc5ccco5)C(OC5OC(NCc6ccco6)C(OC6OC(NCc7ccco7)C(OC7OC(NCc8ccco8)C(OC8OC(NCc9ccco9)C(O2)C(O)C8O)C(O)C7O)C(O)C6O)C(O)C5O)C(O)C4O)C(O)C3O)C1O. The van der Waals surface area contributed by atoms with Crippen LogP contribution in [0.1, 0.15) is 40.3 Å². The van der Waals surface area contributed by atoms with Crippen LogP contribution in [0.4, 0.5) is 0 Å². The third-order valence-electron chi connectivity index (χ3n) is 20.3. The zero-order valence-electron chi connectivity index (χ0n) is 59.1. The highest BCUT2D eigenvalue weighted by Gasteiger charge is 2.60. The van der Waals surface area contributed by atoms with Crippen LogP contribution in [0, 0.1) is 0 Å². The van der Waals surface area contributed by atoms with Gasteiger partial charge in [0.05, 0.1) is 89.7 Å². The summed E-state index contributed by atoms with van der Waals surface area (Å²) in [6.45, 7) is -1.25. The van der Waals surface area contributed by atoms with Gasteiger partial charge in [-0.15, -0.1) is 0 Å². The fraction of sp³-hybridized carbons (Fsp3) is 0.600. The maximum absolute atomic E-state index is 12.4. The zero-order chi connectivity index (χ0) is 77.8. The van der Waals surface area contributed by atoms with E-state index < -0.39 is 216 Å². The van der Waals surface area contributed by atoms with E-state index in [4.69, 9.17) is 97.2 Å². The predicted molar refractivity (Wildman–Crippen MR) is 358 cm³/mol. The highest BCUT2D eigenvalue weighted by molar-refractivity contribution is 5.08. The standard InChI is InChI=1S/C70H91N7O35/c78-36-43(85)64-100-51-38(80)45(87)66(108-58(51)72-23-30-9-2-16-93-30)102-53-40(82)47(89)68(110-60(53)74-25-32-11-4-18-95-32)104-55-42(84)49(91)70(112-62(55)76-27-34-13-6-20-97-34)105-56-41(83)48(90)69(111-63(56)77-28-35-14-7-21-98-35)103-54-39(81)46(88)67(109-61(54)75-26-33-12-5-19-96-33)101-52-37(79)44(86)65(107-59(52)73-24-31-10-3-17-94-31)99-50(36)57(106-64)71-22-29-8-1-15-92-29/h1-21,36-91H,22-28H2. The van der Waals surface area contributed by atoms with Crippen LogP contribution in [-0.2, 0) is 112 Å². The summed E-state index contributed by atoms with van der Waals surface area (Å²) in [6, 6.07) is 22.2. The molecule has 14 bridgehead atoms. The van der Waals surface area contributed by atoms with Gasteiger partial charge in [-0.2, -0.15) is 0 Å². The van der Waals surface area contributed by atoms with E-state index in [2.05, 4.69) is 37.2 Å². The van der Waals surface area contributed by atoms with Gasteiger partial charge in [-0.3, -0.25) is 37.2 Å². The van der Waals surface area contributed by atoms with E-state index in [1.54, 1.807) is 84.9 Å². The lowest BCUT2D eigenvalue weighted by molar-refractivity contribution is -0.399. The molecule has 0 amide bonds. The Morgan fingerprint density at radius 1 is 0.179 bits per heavy atom. The fourth-order valence-electron chi connectivity index (χ4n) is 14.2. The lowest BCUT2D eigenvalue weighted by Crippen LogP contribution is -2.70. The summed E-state index contributed by atoms with van der Waals surface area (Å²) in [7, 11) is 0. The number of furan rings is 7. The number of nitrogens with one attached hydrogen (secondary N) is 7. The Morgan fingerprint density at radius 3 is 0.411 bits per heavy atom. The van der Waals surface area contributed by atoms with Gasteiger partial charge in [-0.1, -0.05) is 0 Å². The first-order chi connectivity index (χ1) is 54.3. The van der Waals surface area contributed by atoms with E-state index in [-0.39, 0.29) is 45.8 Å². The summed E-state index contributed by atoms with van der Waals surface area (Å²) >= 11 is 0. The molecule has 0 spiro atoms. The van der Waals surface area contributed by atoms with Crippen molar-refractivity contribution >= 4 is 0 Å². The first kappa shape index (κ1) is 80.7. The number of hydrogen-bond acceptors (Lipinski definition) is 42. The van der Waals surface area contributed by atoms with Crippen molar-refractivity contribution in [2.24, 2.45) is 0 Å². The second-order valence-electron chi connectivity index (χ2n) is 27.8. The minimum Gasteiger partial charge on any atom is -0.468 e. The molecule has 7 aromatic heterocycles. The monoisotopic (exact) mass is 1590 g/mol. The van der Waals surface area contributed by atoms with Crippen LogP contribution < -0.4 is 37.2 Å². The third-order valence-corrected chi connectivity index (χ3v) is 20.3. The van der Waals surface area contributed by atoms with Crippen LogP contribution in [0.3, 0.4) is 0 Å². The summed E-state index contributed by atoms with van der Waals surface area (Å²) in [6.07, 6.45) is -58.7. The van der Waals surface area contributed by atoms with E-state index in [0.717, 1.165) is 0 Å². The highest BCUT2D eigenvalue weighted by atomic mass is 16.8. The smallest absolute Gasteiger partial charge is 0.188 e. The minimum absolute atomic E-state index is 0.178. The molecule has 28 rings (SSSR count). The Labute approximate surface area is 634 Å². The van der Waals surface area contributed by atoms with Gasteiger partial charge in [-0.05, 0) is 84.9 Å². The number of ether oxygens (including phenoxy) is 14. The summed E-state index contributed by atoms with van der Waals surface area (Å²) in [5.41, 5.74) is 0. The molecule has 21 aliphatic heterocycles. The van der Waals surface area contributed by atoms with Crippen LogP contribution in [0.25, 0.3) is 0 Å². The van der Waals surface area contributed by atoms with Crippen LogP contribution in [0.5, 0.6) is 0 Å². The molecule has 21 fully saturated rings. The molecule has 0 aliphatic carbocycles. The minimum atomic E-state index is -2.18. The van der Waals surface area contributed by atoms with Gasteiger partial charge < -0.3 is 169 Å². The molecule has 0 saturated carbocycles. The topological polar surface area (TPSA) is 589 Å². The fourth-order valence-corrected chi connectivity index (χ4v) is 14.2. The zero-order valence-corrected chi connectivity index (χ0v) is 59.1. The molecule has 21 aliphatic rings. The molecule has 42 nitrogen and oxygen atoms in total. The maximum atomic E-state index is 12.4. The summed E-state index contributed by atoms with van der Waals surface area (Å²) in [4.78, 5) is 0. The van der Waals surface area contributed by atoms with Gasteiger partial charge in [-0.25, -0.2) is 0 Å². The van der Waals surface area contributed by atoms with Gasteiger partial charge in [0.2, 0.25) is 0 Å². The molecule has 28 heterocycles. The second kappa shape index (κ2) is 36.4. The van der Waals surface area contributed by atoms with Crippen molar-refractivity contribution in [1.29, 1.82) is 0 Å². The molecule has 21 N–H and O–H groups in total. The number of hydrogen-bond donors (Lipinski definition) is 21. The van der Waals surface area contributed by atoms with E-state index in [1.165, 1.54) is 43.8 Å². The predicted octanol–water partition coefficient (Wildman–Crippen LogP) is -5.79. The summed E-state index contributed by atoms with van der Waals surface area (Å²) in [5.74, 6) is 2.16. The maximum Gasteiger partial charge on any atom is 0.188 e. The van der Waals surface area contributed by atoms with Gasteiger partial charge in [0, 0.05) is 0 Å². The quantitative estimate of drug-likeness (QED) is 0.0319. The van der Waals surface area contributed by atoms with Crippen LogP contribution >= 0.6 is 0 Å². The highest BCUT2D eigenvalue weighted by Crippen LogP contribution is 2.39. The second-order valence-corrected chi connectivity index (χ2v) is 27.8. The largest absolute Gasteiger partial charge is 0.468 e. The Balaban J connectivity index is 0.783. The first-order valence-corrected chi connectivity index (χ1v) is 36.3. The first-order valence-electron chi connectivity index (χ1n) is 36.3. The van der Waals surface area contributed by atoms with Gasteiger partial charge >= 0.3 is 0 Å². The van der Waals surface area contributed by atoms with Crippen molar-refractivity contribution < 1.29 is 169 Å². The van der Waals surface area contributed by atoms with Crippen molar-refractivity contribution in [2.45, 2.75) is 262 Å². The van der Waals surface area contributed by atoms with E-state index in [0.29, 0.717) is 40.3 Å². The molecule has 7 aromatic rings. The van der Waals surface area contributed by atoms with Crippen molar-refractivity contribution in [1.82, 2.24) is 37.2 Å². The van der Waals surface area contributed by atoms with Crippen LogP contribution in [0.2, 0.25) is 0 Å². The molecular weight excluding hydrogens is 1500 g/mol. The lowest BCUT2D eigenvalue weighted by atomic mass is 9.98. The Hall–Kier alpha value is -6.44. The molecule has 21 saturated heterocycles. The molecular formula is C70H91N7O35. The van der Waals surface area contributed by atoms with Crippen LogP contribution in [0.15, 0.2) is 160 Å². The van der Waals surface area contributed by atoms with Gasteiger partial charge in [0.15, 0.2) is 44.0 Å². The molecule has 35 atom stereocenters. The third kappa shape index (κ3) is 18.1. The van der Waals surface area contributed by atoms with Crippen molar-refractivity contribution in [3.05, 3.63) is 169 Å². The van der Waals surface area contributed by atoms with E-state index in [9.17, 15) is 71.5 Å². The molecule has 42 heteroatoms. The molecule has 112 heavy (non-hydrogen) atoms. The van der Waals surface area contributed by atoms with E-state index in [1.807, 2.05) is 0 Å². The van der Waals surface area contributed by atoms with Crippen LogP contribution in [-0.4, -0.2) is 287 Å². The molecule has 35 unspecified atom stereocenters. The van der Waals surface area contributed by atoms with Gasteiger partial charge in [0.1, 0.15) is 212 Å². The Morgan fingerprint density at radius 2 is 0.304 bits per heavy atom. The van der Waals surface area contributed by atoms with Crippen molar-refractivity contribution in [3.63, 3.8) is 0 Å². The van der Waals surface area contributed by atoms with Crippen molar-refractivity contribution in [2.75, 3.05) is 0 Å². The van der Waals surface area contributed by atoms with Gasteiger partial charge in [0.25, 0.3) is 0 Å². The molecule has 0 aromatic carbocycles. The van der Waals surface area contributed by atoms with E-state index >= 15 is 0 Å². The molecule has 0 radical (unpaired) electrons. The summed E-state index contributed by atoms with van der Waals surface area (Å²) in [5, 5.41) is 193. The average Bonchev–Trinajstić information content (AvgIpc) is 0.915. The summed E-state index contributed by atoms with van der Waals surface area (Å²) < 4.78 is 128. The van der Waals surface area contributed by atoms with Crippen molar-refractivity contribution in [3.8, 4) is 0 Å². The number of aliphatic hydroxyl groups is 14. The average molecular weight is 1590 g/mol. The normalized spacial score (nSPS) is 41.8. The Kier molecular flexibility index (Phi) is 26.2. The number of rotatable bonds is 21. The molecule has 616 valence electrons.